The molecule has 1 N–H and O–H groups in total. The fourth-order valence-electron chi connectivity index (χ4n) is 6.52. The molecular formula is C25H30N2O2. The molecule has 0 spiro atoms. The first-order chi connectivity index (χ1) is 14.1. The van der Waals surface area contributed by atoms with Gasteiger partial charge >= 0.3 is 0 Å². The highest BCUT2D eigenvalue weighted by atomic mass is 16.5. The van der Waals surface area contributed by atoms with Gasteiger partial charge in [0.1, 0.15) is 12.4 Å². The number of hydrogen-bond acceptors (Lipinski definition) is 3. The number of aromatic nitrogens is 1. The maximum absolute atomic E-state index is 13.0. The Morgan fingerprint density at radius 3 is 2.52 bits per heavy atom. The van der Waals surface area contributed by atoms with E-state index in [0.717, 1.165) is 23.3 Å². The third-order valence-corrected chi connectivity index (χ3v) is 7.58. The Morgan fingerprint density at radius 2 is 1.86 bits per heavy atom. The van der Waals surface area contributed by atoms with Crippen LogP contribution in [0, 0.1) is 23.2 Å². The van der Waals surface area contributed by atoms with Crippen molar-refractivity contribution < 1.29 is 9.53 Å². The molecule has 152 valence electrons. The molecular weight excluding hydrogens is 360 g/mol. The summed E-state index contributed by atoms with van der Waals surface area (Å²) >= 11 is 0. The molecule has 1 atom stereocenters. The summed E-state index contributed by atoms with van der Waals surface area (Å²) in [6.07, 6.45) is 11.7. The van der Waals surface area contributed by atoms with Crippen molar-refractivity contribution in [1.29, 1.82) is 0 Å². The van der Waals surface area contributed by atoms with E-state index in [0.29, 0.717) is 23.3 Å². The Kier molecular flexibility index (Phi) is 4.81. The average molecular weight is 391 g/mol. The zero-order valence-corrected chi connectivity index (χ0v) is 17.1. The number of carbonyl (C=O) groups is 1. The summed E-state index contributed by atoms with van der Waals surface area (Å²) < 4.78 is 5.87. The van der Waals surface area contributed by atoms with Gasteiger partial charge in [-0.2, -0.15) is 0 Å². The van der Waals surface area contributed by atoms with E-state index < -0.39 is 0 Å². The highest BCUT2D eigenvalue weighted by Gasteiger charge is 2.53. The summed E-state index contributed by atoms with van der Waals surface area (Å²) in [5.41, 5.74) is 2.00. The number of nitrogens with one attached hydrogen (secondary N) is 1. The second-order valence-electron chi connectivity index (χ2n) is 9.65. The number of ether oxygens (including phenoxy) is 1. The lowest BCUT2D eigenvalue weighted by Crippen LogP contribution is -2.55. The van der Waals surface area contributed by atoms with E-state index in [4.69, 9.17) is 4.74 Å². The quantitative estimate of drug-likeness (QED) is 0.755. The molecule has 4 fully saturated rings. The van der Waals surface area contributed by atoms with Gasteiger partial charge in [0.25, 0.3) is 5.91 Å². The van der Waals surface area contributed by atoms with Crippen LogP contribution in [-0.4, -0.2) is 16.9 Å². The minimum absolute atomic E-state index is 0.0140. The molecule has 1 aromatic heterocycles. The van der Waals surface area contributed by atoms with Gasteiger partial charge in [-0.3, -0.25) is 9.78 Å². The third-order valence-electron chi connectivity index (χ3n) is 7.58. The topological polar surface area (TPSA) is 51.2 Å². The Labute approximate surface area is 173 Å². The van der Waals surface area contributed by atoms with E-state index >= 15 is 0 Å². The number of carbonyl (C=O) groups excluding carboxylic acids is 1. The van der Waals surface area contributed by atoms with Crippen LogP contribution in [0.2, 0.25) is 0 Å². The fourth-order valence-corrected chi connectivity index (χ4v) is 6.52. The maximum Gasteiger partial charge on any atom is 0.251 e. The monoisotopic (exact) mass is 390 g/mol. The van der Waals surface area contributed by atoms with Crippen LogP contribution in [-0.2, 0) is 6.61 Å². The molecule has 4 nitrogen and oxygen atoms in total. The lowest BCUT2D eigenvalue weighted by atomic mass is 9.48. The largest absolute Gasteiger partial charge is 0.489 e. The Morgan fingerprint density at radius 1 is 1.14 bits per heavy atom. The van der Waals surface area contributed by atoms with E-state index in [1.807, 2.05) is 36.4 Å². The summed E-state index contributed by atoms with van der Waals surface area (Å²) in [4.78, 5) is 17.1. The van der Waals surface area contributed by atoms with E-state index in [1.54, 1.807) is 12.4 Å². The molecule has 4 saturated carbocycles. The SMILES string of the molecule is CC(NC(=O)c1cccc(OCc2cccnc2)c1)C12CC3CC(CC(C3)C1)C2. The van der Waals surface area contributed by atoms with Crippen molar-refractivity contribution >= 4 is 5.91 Å². The van der Waals surface area contributed by atoms with E-state index in [-0.39, 0.29) is 11.9 Å². The van der Waals surface area contributed by atoms with Gasteiger partial charge in [-0.05, 0) is 92.9 Å². The zero-order valence-electron chi connectivity index (χ0n) is 17.1. The summed E-state index contributed by atoms with van der Waals surface area (Å²) in [6, 6.07) is 11.6. The Balaban J connectivity index is 1.24. The van der Waals surface area contributed by atoms with Gasteiger partial charge in [0.05, 0.1) is 0 Å². The molecule has 1 unspecified atom stereocenters. The molecule has 4 heteroatoms. The molecule has 0 radical (unpaired) electrons. The van der Waals surface area contributed by atoms with Crippen LogP contribution in [0.4, 0.5) is 0 Å². The maximum atomic E-state index is 13.0. The predicted octanol–water partition coefficient (Wildman–Crippen LogP) is 5.00. The molecule has 4 bridgehead atoms. The molecule has 2 aromatic rings. The van der Waals surface area contributed by atoms with Gasteiger partial charge in [0.15, 0.2) is 0 Å². The van der Waals surface area contributed by atoms with Crippen molar-refractivity contribution in [1.82, 2.24) is 10.3 Å². The molecule has 0 saturated heterocycles. The number of benzene rings is 1. The zero-order chi connectivity index (χ0) is 19.8. The van der Waals surface area contributed by atoms with E-state index in [1.165, 1.54) is 38.5 Å². The fraction of sp³-hybridized carbons (Fsp3) is 0.520. The van der Waals surface area contributed by atoms with Crippen molar-refractivity contribution in [2.75, 3.05) is 0 Å². The van der Waals surface area contributed by atoms with Crippen LogP contribution in [0.25, 0.3) is 0 Å². The van der Waals surface area contributed by atoms with Crippen LogP contribution in [0.15, 0.2) is 48.8 Å². The third kappa shape index (κ3) is 3.77. The summed E-state index contributed by atoms with van der Waals surface area (Å²) in [7, 11) is 0. The molecule has 1 heterocycles. The van der Waals surface area contributed by atoms with Crippen LogP contribution >= 0.6 is 0 Å². The van der Waals surface area contributed by atoms with Gasteiger partial charge in [-0.25, -0.2) is 0 Å². The minimum atomic E-state index is 0.0140. The van der Waals surface area contributed by atoms with Crippen LogP contribution in [0.1, 0.15) is 61.4 Å². The second-order valence-corrected chi connectivity index (χ2v) is 9.65. The van der Waals surface area contributed by atoms with Gasteiger partial charge in [-0.15, -0.1) is 0 Å². The Hall–Kier alpha value is -2.36. The average Bonchev–Trinajstić information content (AvgIpc) is 2.72. The summed E-state index contributed by atoms with van der Waals surface area (Å²) in [5.74, 6) is 3.41. The van der Waals surface area contributed by atoms with Crippen LogP contribution < -0.4 is 10.1 Å². The molecule has 29 heavy (non-hydrogen) atoms. The summed E-state index contributed by atoms with van der Waals surface area (Å²) in [5, 5.41) is 3.35. The van der Waals surface area contributed by atoms with Crippen molar-refractivity contribution in [3.63, 3.8) is 0 Å². The highest BCUT2D eigenvalue weighted by molar-refractivity contribution is 5.94. The standard InChI is InChI=1S/C25H30N2O2/c1-17(25-12-19-8-20(13-25)10-21(9-19)14-25)27-24(28)22-5-2-6-23(11-22)29-16-18-4-3-7-26-15-18/h2-7,11,15,17,19-21H,8-10,12-14,16H2,1H3,(H,27,28). The van der Waals surface area contributed by atoms with Gasteiger partial charge in [0.2, 0.25) is 0 Å². The smallest absolute Gasteiger partial charge is 0.251 e. The lowest BCUT2D eigenvalue weighted by Gasteiger charge is -2.59. The van der Waals surface area contributed by atoms with Gasteiger partial charge in [-0.1, -0.05) is 12.1 Å². The van der Waals surface area contributed by atoms with E-state index in [9.17, 15) is 4.79 Å². The van der Waals surface area contributed by atoms with Crippen LogP contribution in [0.3, 0.4) is 0 Å². The van der Waals surface area contributed by atoms with Crippen molar-refractivity contribution in [3.8, 4) is 5.75 Å². The highest BCUT2D eigenvalue weighted by Crippen LogP contribution is 2.61. The van der Waals surface area contributed by atoms with E-state index in [2.05, 4.69) is 17.2 Å². The first-order valence-electron chi connectivity index (χ1n) is 11.0. The second kappa shape index (κ2) is 7.47. The lowest BCUT2D eigenvalue weighted by molar-refractivity contribution is -0.0688. The molecule has 6 rings (SSSR count). The normalized spacial score (nSPS) is 30.7. The molecule has 0 aliphatic heterocycles. The van der Waals surface area contributed by atoms with Gasteiger partial charge < -0.3 is 10.1 Å². The van der Waals surface area contributed by atoms with Crippen LogP contribution in [0.5, 0.6) is 5.75 Å². The first kappa shape index (κ1) is 18.7. The first-order valence-corrected chi connectivity index (χ1v) is 11.0. The van der Waals surface area contributed by atoms with Crippen molar-refractivity contribution in [2.45, 2.75) is 58.1 Å². The number of amides is 1. The van der Waals surface area contributed by atoms with Crippen molar-refractivity contribution in [2.24, 2.45) is 23.2 Å². The molecule has 4 aliphatic rings. The van der Waals surface area contributed by atoms with Gasteiger partial charge in [0, 0.05) is 29.6 Å². The summed E-state index contributed by atoms with van der Waals surface area (Å²) in [6.45, 7) is 2.68. The number of pyridine rings is 1. The van der Waals surface area contributed by atoms with Crippen molar-refractivity contribution in [3.05, 3.63) is 59.9 Å². The minimum Gasteiger partial charge on any atom is -0.489 e. The molecule has 1 amide bonds. The Bertz CT molecular complexity index is 844. The number of rotatable bonds is 6. The predicted molar refractivity (Wildman–Crippen MR) is 113 cm³/mol. The molecule has 4 aliphatic carbocycles. The number of hydrogen-bond donors (Lipinski definition) is 1. The molecule has 1 aromatic carbocycles. The number of nitrogens with zero attached hydrogens (tertiary/aromatic N) is 1.